The van der Waals surface area contributed by atoms with Gasteiger partial charge in [0.1, 0.15) is 10.0 Å². The Balaban J connectivity index is -0.000000180. The molecule has 0 atom stereocenters. The number of aryl methyl sites for hydroxylation is 1. The smallest absolute Gasteiger partial charge is 0.458 e. The quantitative estimate of drug-likeness (QED) is 0.524. The van der Waals surface area contributed by atoms with Crippen LogP contribution in [0.3, 0.4) is 0 Å². The van der Waals surface area contributed by atoms with E-state index in [4.69, 9.17) is 11.8 Å². The van der Waals surface area contributed by atoms with Crippen LogP contribution in [-0.2, 0) is 10.0 Å². The van der Waals surface area contributed by atoms with Crippen molar-refractivity contribution >= 4 is 21.8 Å². The molecule has 0 fully saturated rings. The third-order valence-electron chi connectivity index (χ3n) is 1.41. The van der Waals surface area contributed by atoms with E-state index in [9.17, 15) is 8.42 Å². The van der Waals surface area contributed by atoms with Crippen LogP contribution in [0.5, 0.6) is 0 Å². The molecule has 0 amide bonds. The van der Waals surface area contributed by atoms with E-state index in [1.54, 1.807) is 12.1 Å². The summed E-state index contributed by atoms with van der Waals surface area (Å²) in [5, 5.41) is 0. The molecular formula is C7H13ClNNaO5S. The van der Waals surface area contributed by atoms with Gasteiger partial charge >= 0.3 is 29.6 Å². The fourth-order valence-corrected chi connectivity index (χ4v) is 1.55. The summed E-state index contributed by atoms with van der Waals surface area (Å²) in [7, 11) is -3.62. The molecule has 6 N–H and O–H groups in total. The van der Waals surface area contributed by atoms with Crippen molar-refractivity contribution < 1.29 is 54.4 Å². The second-order valence-electron chi connectivity index (χ2n) is 2.36. The van der Waals surface area contributed by atoms with Crippen LogP contribution in [0.1, 0.15) is 5.56 Å². The average Bonchev–Trinajstić information content (AvgIpc) is 2.05. The average molecular weight is 282 g/mol. The standard InChI is InChI=1S/C7H7ClNO2S.Na.3H2O/c1-6-2-4-7(5-3-6)12(10,11)9-8;;;;/h2-5H,1H3;;3*1H2/q-1;+1;;;. The maximum Gasteiger partial charge on any atom is 1.00 e. The Labute approximate surface area is 121 Å². The summed E-state index contributed by atoms with van der Waals surface area (Å²) in [5.74, 6) is 0. The third kappa shape index (κ3) is 6.79. The van der Waals surface area contributed by atoms with Crippen molar-refractivity contribution in [3.63, 3.8) is 0 Å². The van der Waals surface area contributed by atoms with Crippen LogP contribution in [0, 0.1) is 6.92 Å². The summed E-state index contributed by atoms with van der Waals surface area (Å²) in [5.41, 5.74) is 0.989. The number of nitrogens with zero attached hydrogens (tertiary/aromatic N) is 1. The molecular weight excluding hydrogens is 269 g/mol. The van der Waals surface area contributed by atoms with Crippen LogP contribution in [0.25, 0.3) is 4.24 Å². The van der Waals surface area contributed by atoms with Crippen LogP contribution >= 0.6 is 11.8 Å². The van der Waals surface area contributed by atoms with E-state index in [1.807, 2.05) is 6.92 Å². The number of sulfonamides is 1. The molecule has 90 valence electrons. The van der Waals surface area contributed by atoms with Gasteiger partial charge in [-0.1, -0.05) is 17.7 Å². The van der Waals surface area contributed by atoms with Gasteiger partial charge in [-0.05, 0) is 19.1 Å². The second-order valence-corrected chi connectivity index (χ2v) is 4.33. The molecule has 0 saturated carbocycles. The van der Waals surface area contributed by atoms with Gasteiger partial charge in [-0.3, -0.25) is 11.8 Å². The summed E-state index contributed by atoms with van der Waals surface area (Å²) in [4.78, 5) is 0.114. The zero-order valence-corrected chi connectivity index (χ0v) is 12.4. The van der Waals surface area contributed by atoms with E-state index < -0.39 is 10.0 Å². The topological polar surface area (TPSA) is 143 Å². The molecule has 1 aromatic carbocycles. The Morgan fingerprint density at radius 1 is 1.06 bits per heavy atom. The molecule has 0 aliphatic heterocycles. The maximum absolute atomic E-state index is 11.0. The zero-order chi connectivity index (χ0) is 9.19. The Hall–Kier alpha value is 0.300. The molecule has 0 bridgehead atoms. The third-order valence-corrected chi connectivity index (χ3v) is 3.00. The second kappa shape index (κ2) is 10.5. The fourth-order valence-electron chi connectivity index (χ4n) is 0.750. The van der Waals surface area contributed by atoms with Crippen molar-refractivity contribution in [3.8, 4) is 0 Å². The predicted molar refractivity (Wildman–Crippen MR) is 58.4 cm³/mol. The molecule has 0 aromatic heterocycles. The molecule has 0 unspecified atom stereocenters. The molecule has 0 aliphatic rings. The number of rotatable bonds is 2. The molecule has 16 heavy (non-hydrogen) atoms. The minimum atomic E-state index is -3.62. The first-order valence-corrected chi connectivity index (χ1v) is 4.99. The van der Waals surface area contributed by atoms with Gasteiger partial charge in [0, 0.05) is 4.90 Å². The van der Waals surface area contributed by atoms with E-state index in [0.29, 0.717) is 0 Å². The largest absolute Gasteiger partial charge is 1.00 e. The molecule has 9 heteroatoms. The Morgan fingerprint density at radius 2 is 1.44 bits per heavy atom. The molecule has 1 aromatic rings. The van der Waals surface area contributed by atoms with E-state index in [2.05, 4.69) is 4.24 Å². The first-order valence-electron chi connectivity index (χ1n) is 3.21. The van der Waals surface area contributed by atoms with Gasteiger partial charge in [0.15, 0.2) is 0 Å². The molecule has 6 nitrogen and oxygen atoms in total. The predicted octanol–water partition coefficient (Wildman–Crippen LogP) is -3.26. The summed E-state index contributed by atoms with van der Waals surface area (Å²) >= 11 is 4.90. The van der Waals surface area contributed by atoms with Crippen molar-refractivity contribution in [2.45, 2.75) is 11.8 Å². The molecule has 0 saturated heterocycles. The maximum atomic E-state index is 11.0. The summed E-state index contributed by atoms with van der Waals surface area (Å²) in [6.07, 6.45) is 0. The van der Waals surface area contributed by atoms with Gasteiger partial charge < -0.3 is 20.7 Å². The molecule has 1 rings (SSSR count). The van der Waals surface area contributed by atoms with Crippen molar-refractivity contribution in [1.82, 2.24) is 0 Å². The summed E-state index contributed by atoms with van der Waals surface area (Å²) < 4.78 is 24.8. The van der Waals surface area contributed by atoms with Gasteiger partial charge in [0.25, 0.3) is 0 Å². The zero-order valence-electron chi connectivity index (χ0n) is 8.86. The van der Waals surface area contributed by atoms with Crippen LogP contribution in [0.2, 0.25) is 0 Å². The Kier molecular flexibility index (Phi) is 16.5. The van der Waals surface area contributed by atoms with E-state index in [1.165, 1.54) is 12.1 Å². The number of benzene rings is 1. The first kappa shape index (κ1) is 25.2. The van der Waals surface area contributed by atoms with Gasteiger partial charge in [-0.25, -0.2) is 8.42 Å². The molecule has 0 aliphatic carbocycles. The number of hydrogen-bond donors (Lipinski definition) is 0. The minimum absolute atomic E-state index is 0. The van der Waals surface area contributed by atoms with Crippen LogP contribution in [0.4, 0.5) is 0 Å². The number of hydrogen-bond acceptors (Lipinski definition) is 2. The molecule has 0 radical (unpaired) electrons. The van der Waals surface area contributed by atoms with E-state index in [0.717, 1.165) is 5.56 Å². The summed E-state index contributed by atoms with van der Waals surface area (Å²) in [6, 6.07) is 6.32. The summed E-state index contributed by atoms with van der Waals surface area (Å²) in [6.45, 7) is 1.87. The van der Waals surface area contributed by atoms with E-state index in [-0.39, 0.29) is 50.9 Å². The van der Waals surface area contributed by atoms with Gasteiger partial charge in [0.05, 0.1) is 0 Å². The van der Waals surface area contributed by atoms with Crippen LogP contribution in [-0.4, -0.2) is 24.8 Å². The first-order chi connectivity index (χ1) is 5.56. The normalized spacial score (nSPS) is 8.62. The van der Waals surface area contributed by atoms with Crippen LogP contribution in [0.15, 0.2) is 29.2 Å². The van der Waals surface area contributed by atoms with Crippen molar-refractivity contribution in [3.05, 3.63) is 34.1 Å². The monoisotopic (exact) mass is 281 g/mol. The van der Waals surface area contributed by atoms with Crippen molar-refractivity contribution in [2.75, 3.05) is 0 Å². The fraction of sp³-hybridized carbons (Fsp3) is 0.143. The van der Waals surface area contributed by atoms with Gasteiger partial charge in [0.2, 0.25) is 0 Å². The van der Waals surface area contributed by atoms with Crippen molar-refractivity contribution in [1.29, 1.82) is 0 Å². The minimum Gasteiger partial charge on any atom is -0.458 e. The SMILES string of the molecule is Cc1ccc(S(=O)(=O)[N-]Cl)cc1.O.O.O.[Na+]. The van der Waals surface area contributed by atoms with Crippen LogP contribution < -0.4 is 29.6 Å². The Morgan fingerprint density at radius 3 is 1.75 bits per heavy atom. The van der Waals surface area contributed by atoms with Gasteiger partial charge in [-0.2, -0.15) is 0 Å². The Bertz CT molecular complexity index is 369. The molecule has 0 spiro atoms. The van der Waals surface area contributed by atoms with E-state index >= 15 is 0 Å². The van der Waals surface area contributed by atoms with Gasteiger partial charge in [-0.15, -0.1) is 0 Å². The number of halogens is 1. The molecule has 0 heterocycles. The van der Waals surface area contributed by atoms with Crippen molar-refractivity contribution in [2.24, 2.45) is 0 Å².